The highest BCUT2D eigenvalue weighted by molar-refractivity contribution is 4.88. The quantitative estimate of drug-likeness (QED) is 0.515. The minimum atomic E-state index is -0.676. The summed E-state index contributed by atoms with van der Waals surface area (Å²) in [5.74, 6) is 0. The summed E-state index contributed by atoms with van der Waals surface area (Å²) >= 11 is 0. The maximum absolute atomic E-state index is 12.9. The molecule has 0 fully saturated rings. The summed E-state index contributed by atoms with van der Waals surface area (Å²) in [4.78, 5) is 0. The van der Waals surface area contributed by atoms with Crippen LogP contribution in [0.15, 0.2) is 24.8 Å². The van der Waals surface area contributed by atoms with Crippen LogP contribution in [0, 0.1) is 0 Å². The molecule has 0 aromatic carbocycles. The average Bonchev–Trinajstić information content (AvgIpc) is 1.97. The molecular formula is C10H17F. The van der Waals surface area contributed by atoms with Crippen LogP contribution in [0.3, 0.4) is 0 Å². The third-order valence-electron chi connectivity index (χ3n) is 1.57. The van der Waals surface area contributed by atoms with Gasteiger partial charge in [0.2, 0.25) is 0 Å². The molecule has 0 aliphatic heterocycles. The first kappa shape index (κ1) is 10.4. The lowest BCUT2D eigenvalue weighted by Gasteiger charge is -2.05. The molecule has 0 bridgehead atoms. The van der Waals surface area contributed by atoms with Gasteiger partial charge in [0.15, 0.2) is 0 Å². The highest BCUT2D eigenvalue weighted by atomic mass is 19.1. The first-order valence-electron chi connectivity index (χ1n) is 4.06. The lowest BCUT2D eigenvalue weighted by atomic mass is 10.1. The highest BCUT2D eigenvalue weighted by Crippen LogP contribution is 2.12. The fraction of sp³-hybridized carbons (Fsp3) is 0.600. The van der Waals surface area contributed by atoms with E-state index >= 15 is 0 Å². The highest BCUT2D eigenvalue weighted by Gasteiger charge is 2.03. The van der Waals surface area contributed by atoms with E-state index in [0.29, 0.717) is 12.8 Å². The number of allylic oxidation sites excluding steroid dienone is 2. The van der Waals surface area contributed by atoms with E-state index < -0.39 is 6.17 Å². The third-order valence-corrected chi connectivity index (χ3v) is 1.57. The van der Waals surface area contributed by atoms with Crippen LogP contribution in [0.1, 0.15) is 32.6 Å². The zero-order valence-corrected chi connectivity index (χ0v) is 7.28. The smallest absolute Gasteiger partial charge is 0.101 e. The van der Waals surface area contributed by atoms with E-state index in [4.69, 9.17) is 0 Å². The van der Waals surface area contributed by atoms with Crippen molar-refractivity contribution in [2.75, 3.05) is 0 Å². The molecule has 0 nitrogen and oxygen atoms in total. The Labute approximate surface area is 68.8 Å². The molecule has 0 amide bonds. The first-order chi connectivity index (χ1) is 5.16. The number of hydrogen-bond donors (Lipinski definition) is 0. The van der Waals surface area contributed by atoms with Crippen molar-refractivity contribution in [3.63, 3.8) is 0 Å². The Kier molecular flexibility index (Phi) is 5.81. The predicted molar refractivity (Wildman–Crippen MR) is 48.4 cm³/mol. The fourth-order valence-corrected chi connectivity index (χ4v) is 0.846. The molecule has 0 aromatic heterocycles. The molecule has 0 aliphatic carbocycles. The molecule has 0 aromatic rings. The molecule has 11 heavy (non-hydrogen) atoms. The maximum Gasteiger partial charge on any atom is 0.101 e. The van der Waals surface area contributed by atoms with E-state index in [1.54, 1.807) is 6.08 Å². The second-order valence-corrected chi connectivity index (χ2v) is 2.96. The van der Waals surface area contributed by atoms with Gasteiger partial charge in [0.25, 0.3) is 0 Å². The van der Waals surface area contributed by atoms with Crippen LogP contribution >= 0.6 is 0 Å². The van der Waals surface area contributed by atoms with E-state index in [2.05, 4.69) is 13.2 Å². The van der Waals surface area contributed by atoms with Crippen LogP contribution in [-0.2, 0) is 0 Å². The van der Waals surface area contributed by atoms with Gasteiger partial charge in [-0.05, 0) is 32.6 Å². The second kappa shape index (κ2) is 6.14. The van der Waals surface area contributed by atoms with Gasteiger partial charge >= 0.3 is 0 Å². The summed E-state index contributed by atoms with van der Waals surface area (Å²) < 4.78 is 12.9. The fourth-order valence-electron chi connectivity index (χ4n) is 0.846. The molecule has 0 saturated carbocycles. The zero-order valence-electron chi connectivity index (χ0n) is 7.28. The summed E-state index contributed by atoms with van der Waals surface area (Å²) in [5, 5.41) is 0. The van der Waals surface area contributed by atoms with E-state index in [1.807, 2.05) is 6.92 Å². The van der Waals surface area contributed by atoms with Gasteiger partial charge in [-0.25, -0.2) is 4.39 Å². The van der Waals surface area contributed by atoms with Gasteiger partial charge in [0, 0.05) is 0 Å². The molecule has 1 heteroatoms. The third kappa shape index (κ3) is 7.31. The van der Waals surface area contributed by atoms with Gasteiger partial charge in [-0.15, -0.1) is 13.2 Å². The summed E-state index contributed by atoms with van der Waals surface area (Å²) in [5.41, 5.74) is 1.06. The Morgan fingerprint density at radius 2 is 2.18 bits per heavy atom. The molecule has 0 saturated heterocycles. The van der Waals surface area contributed by atoms with Crippen LogP contribution in [0.25, 0.3) is 0 Å². The van der Waals surface area contributed by atoms with Crippen molar-refractivity contribution in [2.45, 2.75) is 38.8 Å². The molecule has 1 atom stereocenters. The Morgan fingerprint density at radius 3 is 2.64 bits per heavy atom. The van der Waals surface area contributed by atoms with Crippen molar-refractivity contribution in [1.82, 2.24) is 0 Å². The van der Waals surface area contributed by atoms with Gasteiger partial charge in [-0.1, -0.05) is 11.6 Å². The topological polar surface area (TPSA) is 0 Å². The zero-order chi connectivity index (χ0) is 8.69. The maximum atomic E-state index is 12.9. The van der Waals surface area contributed by atoms with E-state index in [0.717, 1.165) is 18.4 Å². The Balaban J connectivity index is 3.28. The molecular weight excluding hydrogens is 139 g/mol. The van der Waals surface area contributed by atoms with Gasteiger partial charge in [-0.2, -0.15) is 0 Å². The number of alkyl halides is 1. The molecule has 64 valence electrons. The molecule has 0 spiro atoms. The molecule has 0 aliphatic rings. The van der Waals surface area contributed by atoms with Crippen molar-refractivity contribution in [2.24, 2.45) is 0 Å². The molecule has 1 unspecified atom stereocenters. The normalized spacial score (nSPS) is 12.5. The van der Waals surface area contributed by atoms with Gasteiger partial charge in [0.1, 0.15) is 6.17 Å². The minimum Gasteiger partial charge on any atom is -0.247 e. The number of halogens is 1. The summed E-state index contributed by atoms with van der Waals surface area (Å²) in [6.45, 7) is 9.19. The Morgan fingerprint density at radius 1 is 1.55 bits per heavy atom. The Bertz CT molecular complexity index is 127. The molecule has 0 radical (unpaired) electrons. The SMILES string of the molecule is C=CCCC(F)CCC(=C)C. The van der Waals surface area contributed by atoms with Gasteiger partial charge in [-0.3, -0.25) is 0 Å². The summed E-state index contributed by atoms with van der Waals surface area (Å²) in [6, 6.07) is 0. The first-order valence-corrected chi connectivity index (χ1v) is 4.06. The van der Waals surface area contributed by atoms with Crippen molar-refractivity contribution in [1.29, 1.82) is 0 Å². The van der Waals surface area contributed by atoms with Crippen LogP contribution in [-0.4, -0.2) is 6.17 Å². The standard InChI is InChI=1S/C10H17F/c1-4-5-6-10(11)8-7-9(2)3/h4,10H,1-2,5-8H2,3H3. The van der Waals surface area contributed by atoms with Crippen molar-refractivity contribution in [3.05, 3.63) is 24.8 Å². The summed E-state index contributed by atoms with van der Waals surface area (Å²) in [7, 11) is 0. The predicted octanol–water partition coefficient (Wildman–Crippen LogP) is 3.65. The number of hydrogen-bond acceptors (Lipinski definition) is 0. The lowest BCUT2D eigenvalue weighted by Crippen LogP contribution is -1.98. The monoisotopic (exact) mass is 156 g/mol. The Hall–Kier alpha value is -0.590. The van der Waals surface area contributed by atoms with Crippen LogP contribution < -0.4 is 0 Å². The van der Waals surface area contributed by atoms with Crippen molar-refractivity contribution >= 4 is 0 Å². The van der Waals surface area contributed by atoms with Crippen LogP contribution in [0.5, 0.6) is 0 Å². The van der Waals surface area contributed by atoms with Crippen molar-refractivity contribution in [3.8, 4) is 0 Å². The van der Waals surface area contributed by atoms with Gasteiger partial charge < -0.3 is 0 Å². The minimum absolute atomic E-state index is 0.608. The molecule has 0 N–H and O–H groups in total. The van der Waals surface area contributed by atoms with Crippen molar-refractivity contribution < 1.29 is 4.39 Å². The second-order valence-electron chi connectivity index (χ2n) is 2.96. The largest absolute Gasteiger partial charge is 0.247 e. The van der Waals surface area contributed by atoms with Crippen LogP contribution in [0.2, 0.25) is 0 Å². The van der Waals surface area contributed by atoms with Crippen LogP contribution in [0.4, 0.5) is 4.39 Å². The lowest BCUT2D eigenvalue weighted by molar-refractivity contribution is 0.298. The summed E-state index contributed by atoms with van der Waals surface area (Å²) in [6.07, 6.45) is 3.88. The molecule has 0 rings (SSSR count). The van der Waals surface area contributed by atoms with Gasteiger partial charge in [0.05, 0.1) is 0 Å². The van der Waals surface area contributed by atoms with E-state index in [-0.39, 0.29) is 0 Å². The van der Waals surface area contributed by atoms with E-state index in [1.165, 1.54) is 0 Å². The molecule has 0 heterocycles. The van der Waals surface area contributed by atoms with E-state index in [9.17, 15) is 4.39 Å². The average molecular weight is 156 g/mol. The number of rotatable bonds is 6.